The van der Waals surface area contributed by atoms with Crippen molar-refractivity contribution in [2.24, 2.45) is 0 Å². The van der Waals surface area contributed by atoms with Gasteiger partial charge in [0.05, 0.1) is 11.4 Å². The van der Waals surface area contributed by atoms with E-state index >= 15 is 0 Å². The Balaban J connectivity index is 1.93. The van der Waals surface area contributed by atoms with Gasteiger partial charge in [0.25, 0.3) is 0 Å². The van der Waals surface area contributed by atoms with E-state index in [0.29, 0.717) is 0 Å². The molecule has 0 fully saturated rings. The molecule has 134 valence electrons. The van der Waals surface area contributed by atoms with Crippen LogP contribution in [0, 0.1) is 6.92 Å². The smallest absolute Gasteiger partial charge is 0.133 e. The number of anilines is 1. The van der Waals surface area contributed by atoms with Crippen molar-refractivity contribution in [1.82, 2.24) is 9.78 Å². The van der Waals surface area contributed by atoms with Crippen molar-refractivity contribution in [2.75, 3.05) is 18.1 Å². The second-order valence-electron chi connectivity index (χ2n) is 6.61. The van der Waals surface area contributed by atoms with Crippen LogP contribution in [0.25, 0.3) is 16.9 Å². The lowest BCUT2D eigenvalue weighted by Gasteiger charge is -2.10. The Bertz CT molecular complexity index is 948. The van der Waals surface area contributed by atoms with Crippen LogP contribution in [0.3, 0.4) is 0 Å². The minimum Gasteiger partial charge on any atom is -0.370 e. The molecule has 5 heteroatoms. The topological polar surface area (TPSA) is 29.9 Å². The largest absolute Gasteiger partial charge is 0.370 e. The van der Waals surface area contributed by atoms with Gasteiger partial charge in [0.2, 0.25) is 0 Å². The van der Waals surface area contributed by atoms with Crippen LogP contribution in [-0.4, -0.2) is 22.6 Å². The Kier molecular flexibility index (Phi) is 4.96. The van der Waals surface area contributed by atoms with Gasteiger partial charge in [0, 0.05) is 27.6 Å². The van der Waals surface area contributed by atoms with Gasteiger partial charge in [-0.1, -0.05) is 35.9 Å². The van der Waals surface area contributed by atoms with E-state index in [4.69, 9.17) is 16.7 Å². The van der Waals surface area contributed by atoms with Gasteiger partial charge < -0.3 is 5.32 Å². The highest BCUT2D eigenvalue weighted by molar-refractivity contribution is 7.98. The number of aromatic nitrogens is 2. The van der Waals surface area contributed by atoms with Crippen molar-refractivity contribution in [3.05, 3.63) is 58.6 Å². The zero-order valence-corrected chi connectivity index (χ0v) is 16.6. The predicted octanol–water partition coefficient (Wildman–Crippen LogP) is 5.97. The van der Waals surface area contributed by atoms with E-state index in [2.05, 4.69) is 48.0 Å². The molecular formula is C21H22ClN3S. The second-order valence-corrected chi connectivity index (χ2v) is 7.86. The second kappa shape index (κ2) is 7.37. The molecule has 3 nitrogen and oxygen atoms in total. The van der Waals surface area contributed by atoms with Crippen molar-refractivity contribution < 1.29 is 0 Å². The molecule has 1 aliphatic heterocycles. The number of hydrogen-bond donors (Lipinski definition) is 1. The Labute approximate surface area is 163 Å². The summed E-state index contributed by atoms with van der Waals surface area (Å²) in [5, 5.41) is 9.41. The molecule has 1 aliphatic rings. The quantitative estimate of drug-likeness (QED) is 0.565. The summed E-state index contributed by atoms with van der Waals surface area (Å²) in [4.78, 5) is 1.26. The SMILES string of the molecule is CSc1ccccc1-c1nn(-c2ccc(C)c(Cl)c2)c2c1CCCCN2. The number of thioether (sulfide) groups is 1. The number of fused-ring (bicyclic) bond motifs is 1. The van der Waals surface area contributed by atoms with Gasteiger partial charge in [-0.05, 0) is 56.2 Å². The fourth-order valence-corrected chi connectivity index (χ4v) is 4.23. The molecule has 0 saturated heterocycles. The first-order chi connectivity index (χ1) is 12.7. The number of nitrogens with one attached hydrogen (secondary N) is 1. The van der Waals surface area contributed by atoms with Gasteiger partial charge in [-0.3, -0.25) is 0 Å². The van der Waals surface area contributed by atoms with Crippen LogP contribution in [0.5, 0.6) is 0 Å². The Morgan fingerprint density at radius 2 is 2.00 bits per heavy atom. The lowest BCUT2D eigenvalue weighted by molar-refractivity contribution is 0.779. The molecule has 0 atom stereocenters. The molecule has 4 rings (SSSR count). The van der Waals surface area contributed by atoms with Gasteiger partial charge in [-0.2, -0.15) is 5.10 Å². The van der Waals surface area contributed by atoms with Crippen LogP contribution in [-0.2, 0) is 6.42 Å². The highest BCUT2D eigenvalue weighted by Crippen LogP contribution is 2.38. The lowest BCUT2D eigenvalue weighted by atomic mass is 10.0. The van der Waals surface area contributed by atoms with Gasteiger partial charge in [0.1, 0.15) is 5.82 Å². The van der Waals surface area contributed by atoms with Crippen molar-refractivity contribution >= 4 is 29.2 Å². The number of nitrogens with zero attached hydrogens (tertiary/aromatic N) is 2. The van der Waals surface area contributed by atoms with Crippen molar-refractivity contribution in [2.45, 2.75) is 31.1 Å². The highest BCUT2D eigenvalue weighted by atomic mass is 35.5. The third-order valence-corrected chi connectivity index (χ3v) is 6.09. The molecule has 0 radical (unpaired) electrons. The average Bonchev–Trinajstić information content (AvgIpc) is 2.85. The van der Waals surface area contributed by atoms with E-state index in [1.165, 1.54) is 28.9 Å². The molecule has 0 aliphatic carbocycles. The van der Waals surface area contributed by atoms with E-state index in [-0.39, 0.29) is 0 Å². The molecule has 0 spiro atoms. The lowest BCUT2D eigenvalue weighted by Crippen LogP contribution is -2.07. The third-order valence-electron chi connectivity index (χ3n) is 4.89. The first-order valence-corrected chi connectivity index (χ1v) is 10.5. The maximum Gasteiger partial charge on any atom is 0.133 e. The predicted molar refractivity (Wildman–Crippen MR) is 112 cm³/mol. The minimum atomic E-state index is 0.770. The Morgan fingerprint density at radius 3 is 2.81 bits per heavy atom. The van der Waals surface area contributed by atoms with Gasteiger partial charge >= 0.3 is 0 Å². The molecule has 0 unspecified atom stereocenters. The first kappa shape index (κ1) is 17.5. The van der Waals surface area contributed by atoms with Crippen LogP contribution in [0.1, 0.15) is 24.0 Å². The number of aryl methyl sites for hydroxylation is 1. The summed E-state index contributed by atoms with van der Waals surface area (Å²) in [7, 11) is 0. The van der Waals surface area contributed by atoms with Gasteiger partial charge in [0.15, 0.2) is 0 Å². The standard InChI is InChI=1S/C21H22ClN3S/c1-14-10-11-15(13-18(14)22)25-21-17(8-5-6-12-23-21)20(24-25)16-7-3-4-9-19(16)26-2/h3-4,7,9-11,13,23H,5-6,8,12H2,1-2H3. The number of rotatable bonds is 3. The number of halogens is 1. The minimum absolute atomic E-state index is 0.770. The fourth-order valence-electron chi connectivity index (χ4n) is 3.46. The highest BCUT2D eigenvalue weighted by Gasteiger charge is 2.23. The number of benzene rings is 2. The van der Waals surface area contributed by atoms with E-state index < -0.39 is 0 Å². The van der Waals surface area contributed by atoms with Crippen molar-refractivity contribution in [3.8, 4) is 16.9 Å². The normalized spacial score (nSPS) is 13.8. The van der Waals surface area contributed by atoms with Crippen molar-refractivity contribution in [1.29, 1.82) is 0 Å². The third kappa shape index (κ3) is 3.12. The molecule has 26 heavy (non-hydrogen) atoms. The molecule has 2 aromatic carbocycles. The maximum absolute atomic E-state index is 6.39. The molecular weight excluding hydrogens is 362 g/mol. The summed E-state index contributed by atoms with van der Waals surface area (Å²) in [6, 6.07) is 14.7. The molecule has 3 aromatic rings. The van der Waals surface area contributed by atoms with Gasteiger partial charge in [-0.15, -0.1) is 11.8 Å². The monoisotopic (exact) mass is 383 g/mol. The van der Waals surface area contributed by atoms with Crippen LogP contribution in [0.4, 0.5) is 5.82 Å². The van der Waals surface area contributed by atoms with Gasteiger partial charge in [-0.25, -0.2) is 4.68 Å². The summed E-state index contributed by atoms with van der Waals surface area (Å²) in [6.45, 7) is 3.00. The van der Waals surface area contributed by atoms with Crippen LogP contribution >= 0.6 is 23.4 Å². The average molecular weight is 384 g/mol. The molecule has 0 saturated carbocycles. The molecule has 0 amide bonds. The Hall–Kier alpha value is -1.91. The summed E-state index contributed by atoms with van der Waals surface area (Å²) in [5.74, 6) is 1.10. The summed E-state index contributed by atoms with van der Waals surface area (Å²) >= 11 is 8.15. The van der Waals surface area contributed by atoms with E-state index in [0.717, 1.165) is 40.8 Å². The van der Waals surface area contributed by atoms with Crippen molar-refractivity contribution in [3.63, 3.8) is 0 Å². The summed E-state index contributed by atoms with van der Waals surface area (Å²) in [6.07, 6.45) is 5.51. The summed E-state index contributed by atoms with van der Waals surface area (Å²) < 4.78 is 2.03. The van der Waals surface area contributed by atoms with E-state index in [1.807, 2.05) is 17.7 Å². The molecule has 1 aromatic heterocycles. The fraction of sp³-hybridized carbons (Fsp3) is 0.286. The molecule has 1 N–H and O–H groups in total. The first-order valence-electron chi connectivity index (χ1n) is 8.94. The summed E-state index contributed by atoms with van der Waals surface area (Å²) in [5.41, 5.74) is 5.67. The molecule has 2 heterocycles. The zero-order chi connectivity index (χ0) is 18.1. The number of hydrogen-bond acceptors (Lipinski definition) is 3. The van der Waals surface area contributed by atoms with Crippen LogP contribution in [0.15, 0.2) is 47.4 Å². The van der Waals surface area contributed by atoms with E-state index in [1.54, 1.807) is 11.8 Å². The zero-order valence-electron chi connectivity index (χ0n) is 15.1. The molecule has 0 bridgehead atoms. The van der Waals surface area contributed by atoms with Crippen LogP contribution in [0.2, 0.25) is 5.02 Å². The maximum atomic E-state index is 6.39. The van der Waals surface area contributed by atoms with E-state index in [9.17, 15) is 0 Å². The Morgan fingerprint density at radius 1 is 1.15 bits per heavy atom. The van der Waals surface area contributed by atoms with Crippen LogP contribution < -0.4 is 5.32 Å².